The Bertz CT molecular complexity index is 431. The van der Waals surface area contributed by atoms with Crippen molar-refractivity contribution in [2.45, 2.75) is 6.18 Å². The topological polar surface area (TPSA) is 26.3 Å². The number of ether oxygens (including phenoxy) is 1. The van der Waals surface area contributed by atoms with Crippen LogP contribution >= 0.6 is 34.8 Å². The van der Waals surface area contributed by atoms with Gasteiger partial charge in [-0.15, -0.1) is 0 Å². The van der Waals surface area contributed by atoms with Crippen LogP contribution in [0.4, 0.5) is 13.2 Å². The number of esters is 1. The van der Waals surface area contributed by atoms with Gasteiger partial charge in [0.05, 0.1) is 10.0 Å². The summed E-state index contributed by atoms with van der Waals surface area (Å²) < 4.78 is 39.7. The molecular formula is C8H2Cl3F3O2. The van der Waals surface area contributed by atoms with Gasteiger partial charge in [0, 0.05) is 0 Å². The molecule has 0 spiro atoms. The lowest BCUT2D eigenvalue weighted by molar-refractivity contribution is -0.189. The van der Waals surface area contributed by atoms with E-state index < -0.39 is 17.9 Å². The Morgan fingerprint density at radius 3 is 2.12 bits per heavy atom. The van der Waals surface area contributed by atoms with Crippen molar-refractivity contribution >= 4 is 40.8 Å². The minimum absolute atomic E-state index is 0.0731. The molecule has 0 aromatic heterocycles. The van der Waals surface area contributed by atoms with Gasteiger partial charge in [0.1, 0.15) is 5.02 Å². The number of rotatable bonds is 1. The number of halogens is 6. The SMILES string of the molecule is O=C(Oc1c(Cl)ccc(Cl)c1Cl)C(F)(F)F. The highest BCUT2D eigenvalue weighted by Gasteiger charge is 2.42. The van der Waals surface area contributed by atoms with E-state index in [1.165, 1.54) is 6.07 Å². The van der Waals surface area contributed by atoms with Gasteiger partial charge in [-0.3, -0.25) is 0 Å². The number of benzene rings is 1. The molecule has 0 heterocycles. The van der Waals surface area contributed by atoms with Crippen LogP contribution < -0.4 is 4.74 Å². The van der Waals surface area contributed by atoms with Crippen molar-refractivity contribution < 1.29 is 22.7 Å². The number of hydrogen-bond donors (Lipinski definition) is 0. The Morgan fingerprint density at radius 2 is 1.62 bits per heavy atom. The fourth-order valence-corrected chi connectivity index (χ4v) is 1.35. The van der Waals surface area contributed by atoms with Crippen LogP contribution in [-0.2, 0) is 4.79 Å². The van der Waals surface area contributed by atoms with Crippen molar-refractivity contribution in [2.24, 2.45) is 0 Å². The quantitative estimate of drug-likeness (QED) is 0.442. The molecule has 8 heteroatoms. The third-order valence-electron chi connectivity index (χ3n) is 1.43. The minimum Gasteiger partial charge on any atom is -0.417 e. The molecule has 1 rings (SSSR count). The molecule has 0 amide bonds. The third kappa shape index (κ3) is 2.93. The van der Waals surface area contributed by atoms with E-state index in [4.69, 9.17) is 34.8 Å². The zero-order valence-corrected chi connectivity index (χ0v) is 9.51. The van der Waals surface area contributed by atoms with Gasteiger partial charge in [0.2, 0.25) is 0 Å². The van der Waals surface area contributed by atoms with Crippen molar-refractivity contribution in [3.8, 4) is 5.75 Å². The summed E-state index contributed by atoms with van der Waals surface area (Å²) in [5, 5.41) is -0.671. The fraction of sp³-hybridized carbons (Fsp3) is 0.125. The van der Waals surface area contributed by atoms with Gasteiger partial charge in [-0.1, -0.05) is 34.8 Å². The van der Waals surface area contributed by atoms with Crippen LogP contribution in [0.2, 0.25) is 15.1 Å². The molecule has 0 atom stereocenters. The van der Waals surface area contributed by atoms with Crippen molar-refractivity contribution in [3.63, 3.8) is 0 Å². The van der Waals surface area contributed by atoms with E-state index in [0.29, 0.717) is 0 Å². The molecule has 0 bridgehead atoms. The fourth-order valence-electron chi connectivity index (χ4n) is 0.753. The largest absolute Gasteiger partial charge is 0.491 e. The lowest BCUT2D eigenvalue weighted by atomic mass is 10.3. The highest BCUT2D eigenvalue weighted by Crippen LogP contribution is 2.38. The van der Waals surface area contributed by atoms with Gasteiger partial charge in [-0.25, -0.2) is 4.79 Å². The molecule has 0 aliphatic heterocycles. The molecule has 0 radical (unpaired) electrons. The summed E-state index contributed by atoms with van der Waals surface area (Å²) >= 11 is 16.6. The first-order valence-corrected chi connectivity index (χ1v) is 4.79. The first-order valence-electron chi connectivity index (χ1n) is 3.66. The van der Waals surface area contributed by atoms with Gasteiger partial charge in [-0.05, 0) is 12.1 Å². The Kier molecular flexibility index (Phi) is 3.93. The molecule has 0 aliphatic carbocycles. The summed E-state index contributed by atoms with van der Waals surface area (Å²) in [6, 6.07) is 2.42. The second-order valence-electron chi connectivity index (χ2n) is 2.56. The minimum atomic E-state index is -5.13. The normalized spacial score (nSPS) is 11.4. The summed E-state index contributed by atoms with van der Waals surface area (Å²) in [5.74, 6) is -3.03. The maximum absolute atomic E-state index is 11.9. The molecule has 16 heavy (non-hydrogen) atoms. The van der Waals surface area contributed by atoms with Crippen molar-refractivity contribution in [1.82, 2.24) is 0 Å². The van der Waals surface area contributed by atoms with Gasteiger partial charge in [0.15, 0.2) is 5.75 Å². The lowest BCUT2D eigenvalue weighted by Crippen LogP contribution is -2.28. The molecule has 1 aromatic carbocycles. The maximum atomic E-state index is 11.9. The maximum Gasteiger partial charge on any atom is 0.491 e. The van der Waals surface area contributed by atoms with E-state index in [-0.39, 0.29) is 15.1 Å². The summed E-state index contributed by atoms with van der Waals surface area (Å²) in [5.41, 5.74) is 0. The first-order chi connectivity index (χ1) is 7.23. The van der Waals surface area contributed by atoms with Crippen LogP contribution in [0.5, 0.6) is 5.75 Å². The van der Waals surface area contributed by atoms with E-state index in [9.17, 15) is 18.0 Å². The molecule has 0 N–H and O–H groups in total. The standard InChI is InChI=1S/C8H2Cl3F3O2/c9-3-1-2-4(10)6(5(3)11)16-7(15)8(12,13)14/h1-2H. The van der Waals surface area contributed by atoms with Gasteiger partial charge < -0.3 is 4.74 Å². The van der Waals surface area contributed by atoms with Crippen molar-refractivity contribution in [2.75, 3.05) is 0 Å². The van der Waals surface area contributed by atoms with Crippen LogP contribution in [-0.4, -0.2) is 12.1 Å². The average Bonchev–Trinajstić information content (AvgIpc) is 2.17. The number of alkyl halides is 3. The van der Waals surface area contributed by atoms with E-state index in [2.05, 4.69) is 4.74 Å². The summed E-state index contributed by atoms with van der Waals surface area (Å²) in [6.45, 7) is 0. The second-order valence-corrected chi connectivity index (χ2v) is 3.75. The zero-order valence-electron chi connectivity index (χ0n) is 7.24. The molecule has 0 aliphatic rings. The molecule has 0 saturated carbocycles. The third-order valence-corrected chi connectivity index (χ3v) is 2.51. The second kappa shape index (κ2) is 4.69. The van der Waals surface area contributed by atoms with E-state index in [0.717, 1.165) is 6.07 Å². The molecule has 2 nitrogen and oxygen atoms in total. The summed E-state index contributed by atoms with van der Waals surface area (Å²) in [7, 11) is 0. The van der Waals surface area contributed by atoms with Crippen LogP contribution in [0.3, 0.4) is 0 Å². The summed E-state index contributed by atoms with van der Waals surface area (Å²) in [6.07, 6.45) is -5.13. The van der Waals surface area contributed by atoms with Crippen LogP contribution in [0.1, 0.15) is 0 Å². The van der Waals surface area contributed by atoms with Crippen molar-refractivity contribution in [3.05, 3.63) is 27.2 Å². The monoisotopic (exact) mass is 292 g/mol. The highest BCUT2D eigenvalue weighted by molar-refractivity contribution is 6.44. The van der Waals surface area contributed by atoms with Crippen LogP contribution in [0.15, 0.2) is 12.1 Å². The van der Waals surface area contributed by atoms with Gasteiger partial charge in [0.25, 0.3) is 0 Å². The lowest BCUT2D eigenvalue weighted by Gasteiger charge is -2.10. The highest BCUT2D eigenvalue weighted by atomic mass is 35.5. The first kappa shape index (κ1) is 13.4. The molecule has 0 fully saturated rings. The Hall–Kier alpha value is -0.650. The number of carbonyl (C=O) groups excluding carboxylic acids is 1. The van der Waals surface area contributed by atoms with E-state index in [1.54, 1.807) is 0 Å². The molecule has 1 aromatic rings. The van der Waals surface area contributed by atoms with E-state index in [1.807, 2.05) is 0 Å². The molecule has 88 valence electrons. The zero-order chi connectivity index (χ0) is 12.5. The van der Waals surface area contributed by atoms with Crippen LogP contribution in [0, 0.1) is 0 Å². The Balaban J connectivity index is 3.07. The molecular weight excluding hydrogens is 291 g/mol. The van der Waals surface area contributed by atoms with Crippen molar-refractivity contribution in [1.29, 1.82) is 0 Å². The Labute approximate surface area is 103 Å². The summed E-state index contributed by atoms with van der Waals surface area (Å²) in [4.78, 5) is 10.5. The number of carbonyl (C=O) groups is 1. The smallest absolute Gasteiger partial charge is 0.417 e. The predicted molar refractivity (Wildman–Crippen MR) is 53.2 cm³/mol. The average molecular weight is 293 g/mol. The number of hydrogen-bond acceptors (Lipinski definition) is 2. The van der Waals surface area contributed by atoms with Gasteiger partial charge >= 0.3 is 12.1 Å². The van der Waals surface area contributed by atoms with Crippen LogP contribution in [0.25, 0.3) is 0 Å². The van der Waals surface area contributed by atoms with Gasteiger partial charge in [-0.2, -0.15) is 13.2 Å². The van der Waals surface area contributed by atoms with E-state index >= 15 is 0 Å². The molecule has 0 unspecified atom stereocenters. The Morgan fingerprint density at radius 1 is 1.12 bits per heavy atom. The predicted octanol–water partition coefficient (Wildman–Crippen LogP) is 4.11. The molecule has 0 saturated heterocycles.